The van der Waals surface area contributed by atoms with Crippen LogP contribution in [0.1, 0.15) is 58.2 Å². The fraction of sp³-hybridized carbons (Fsp3) is 0.333. The first-order chi connectivity index (χ1) is 16.4. The molecule has 5 aromatic carbocycles. The molecule has 5 aromatic rings. The third-order valence-electron chi connectivity index (χ3n) is 7.30. The van der Waals surface area contributed by atoms with Crippen LogP contribution in [0.4, 0.5) is 0 Å². The Morgan fingerprint density at radius 1 is 0.657 bits per heavy atom. The van der Waals surface area contributed by atoms with Gasteiger partial charge in [0.2, 0.25) is 0 Å². The van der Waals surface area contributed by atoms with Crippen molar-refractivity contribution in [2.24, 2.45) is 0 Å². The van der Waals surface area contributed by atoms with Crippen LogP contribution >= 0.6 is 0 Å². The van der Waals surface area contributed by atoms with Gasteiger partial charge in [-0.15, -0.1) is 0 Å². The summed E-state index contributed by atoms with van der Waals surface area (Å²) in [5, 5.41) is 8.02. The first-order valence-corrected chi connectivity index (χ1v) is 15.7. The van der Waals surface area contributed by atoms with Crippen molar-refractivity contribution in [3.8, 4) is 11.1 Å². The molecule has 0 saturated heterocycles. The second-order valence-corrected chi connectivity index (χ2v) is 14.8. The van der Waals surface area contributed by atoms with Crippen molar-refractivity contribution in [3.63, 3.8) is 0 Å². The second kappa shape index (κ2) is 8.46. The molecule has 0 heterocycles. The Labute approximate surface area is 212 Å². The molecule has 0 aliphatic heterocycles. The van der Waals surface area contributed by atoms with E-state index in [4.69, 9.17) is 4.43 Å². The average Bonchev–Trinajstić information content (AvgIpc) is 2.79. The van der Waals surface area contributed by atoms with E-state index in [9.17, 15) is 0 Å². The Kier molecular flexibility index (Phi) is 5.81. The van der Waals surface area contributed by atoms with E-state index in [1.165, 1.54) is 60.1 Å². The van der Waals surface area contributed by atoms with Crippen LogP contribution in [0.2, 0.25) is 13.1 Å². The van der Waals surface area contributed by atoms with Crippen LogP contribution < -0.4 is 0 Å². The number of rotatable bonds is 4. The fourth-order valence-electron chi connectivity index (χ4n) is 5.39. The van der Waals surface area contributed by atoms with E-state index in [1.807, 2.05) is 0 Å². The molecular weight excluding hydrogens is 440 g/mol. The van der Waals surface area contributed by atoms with E-state index in [-0.39, 0.29) is 10.8 Å². The highest BCUT2D eigenvalue weighted by molar-refractivity contribution is 6.48. The van der Waals surface area contributed by atoms with Gasteiger partial charge >= 0.3 is 0 Å². The van der Waals surface area contributed by atoms with E-state index >= 15 is 0 Å². The lowest BCUT2D eigenvalue weighted by atomic mass is 9.75. The van der Waals surface area contributed by atoms with Crippen LogP contribution in [0.25, 0.3) is 43.4 Å². The SMILES string of the molecule is C[SiH](C)OCc1c(-c2ccc3ccc4cccc5ccc2c3c45)cc(C(C)(C)C)cc1C(C)(C)C. The van der Waals surface area contributed by atoms with Gasteiger partial charge in [0.05, 0.1) is 6.61 Å². The van der Waals surface area contributed by atoms with Crippen LogP contribution in [0, 0.1) is 0 Å². The van der Waals surface area contributed by atoms with E-state index in [0.29, 0.717) is 6.61 Å². The van der Waals surface area contributed by atoms with Crippen LogP contribution in [0.3, 0.4) is 0 Å². The molecule has 0 fully saturated rings. The Bertz CT molecular complexity index is 1510. The van der Waals surface area contributed by atoms with Gasteiger partial charge in [-0.25, -0.2) is 0 Å². The number of hydrogen-bond acceptors (Lipinski definition) is 1. The summed E-state index contributed by atoms with van der Waals surface area (Å²) < 4.78 is 6.42. The van der Waals surface area contributed by atoms with Crippen molar-refractivity contribution in [1.29, 1.82) is 0 Å². The predicted octanol–water partition coefficient (Wildman–Crippen LogP) is 9.35. The summed E-state index contributed by atoms with van der Waals surface area (Å²) in [4.78, 5) is 0. The summed E-state index contributed by atoms with van der Waals surface area (Å²) in [5.74, 6) is 0. The molecule has 35 heavy (non-hydrogen) atoms. The summed E-state index contributed by atoms with van der Waals surface area (Å²) >= 11 is 0. The normalized spacial score (nSPS) is 13.1. The van der Waals surface area contributed by atoms with Crippen LogP contribution in [0.15, 0.2) is 66.7 Å². The molecule has 0 spiro atoms. The number of benzene rings is 5. The van der Waals surface area contributed by atoms with Gasteiger partial charge in [0, 0.05) is 0 Å². The van der Waals surface area contributed by atoms with Crippen LogP contribution in [-0.4, -0.2) is 9.04 Å². The smallest absolute Gasteiger partial charge is 0.171 e. The van der Waals surface area contributed by atoms with Gasteiger partial charge in [-0.2, -0.15) is 0 Å². The van der Waals surface area contributed by atoms with Crippen molar-refractivity contribution < 1.29 is 4.43 Å². The van der Waals surface area contributed by atoms with Crippen molar-refractivity contribution in [2.45, 2.75) is 72.1 Å². The Morgan fingerprint density at radius 3 is 1.86 bits per heavy atom. The van der Waals surface area contributed by atoms with Gasteiger partial charge in [0.25, 0.3) is 0 Å². The molecule has 0 aromatic heterocycles. The van der Waals surface area contributed by atoms with E-state index in [2.05, 4.69) is 121 Å². The number of hydrogen-bond donors (Lipinski definition) is 0. The van der Waals surface area contributed by atoms with Gasteiger partial charge in [0.15, 0.2) is 9.04 Å². The van der Waals surface area contributed by atoms with Crippen molar-refractivity contribution in [3.05, 3.63) is 83.4 Å². The van der Waals surface area contributed by atoms with Crippen LogP contribution in [0.5, 0.6) is 0 Å². The van der Waals surface area contributed by atoms with Crippen molar-refractivity contribution >= 4 is 41.4 Å². The molecule has 1 nitrogen and oxygen atoms in total. The highest BCUT2D eigenvalue weighted by Gasteiger charge is 2.26. The van der Waals surface area contributed by atoms with Crippen molar-refractivity contribution in [2.75, 3.05) is 0 Å². The maximum absolute atomic E-state index is 6.42. The molecule has 0 atom stereocenters. The second-order valence-electron chi connectivity index (χ2n) is 12.4. The molecule has 0 N–H and O–H groups in total. The molecular formula is C33H38OSi. The topological polar surface area (TPSA) is 9.23 Å². The zero-order chi connectivity index (χ0) is 25.1. The van der Waals surface area contributed by atoms with Crippen molar-refractivity contribution in [1.82, 2.24) is 0 Å². The monoisotopic (exact) mass is 478 g/mol. The lowest BCUT2D eigenvalue weighted by Gasteiger charge is -2.30. The van der Waals surface area contributed by atoms with Gasteiger partial charge in [-0.05, 0) is 84.1 Å². The highest BCUT2D eigenvalue weighted by Crippen LogP contribution is 2.43. The molecule has 2 heteroatoms. The van der Waals surface area contributed by atoms with Gasteiger partial charge in [0.1, 0.15) is 0 Å². The third kappa shape index (κ3) is 4.28. The zero-order valence-corrected chi connectivity index (χ0v) is 23.7. The lowest BCUT2D eigenvalue weighted by molar-refractivity contribution is 0.311. The molecule has 0 amide bonds. The third-order valence-corrected chi connectivity index (χ3v) is 8.14. The summed E-state index contributed by atoms with van der Waals surface area (Å²) in [6.45, 7) is 19.2. The van der Waals surface area contributed by atoms with Gasteiger partial charge in [-0.1, -0.05) is 108 Å². The molecule has 0 saturated carbocycles. The molecule has 0 aliphatic rings. The Morgan fingerprint density at radius 2 is 1.26 bits per heavy atom. The first-order valence-electron chi connectivity index (χ1n) is 12.9. The average molecular weight is 479 g/mol. The maximum atomic E-state index is 6.42. The minimum Gasteiger partial charge on any atom is -0.416 e. The van der Waals surface area contributed by atoms with E-state index in [0.717, 1.165) is 0 Å². The lowest BCUT2D eigenvalue weighted by Crippen LogP contribution is -2.21. The summed E-state index contributed by atoms with van der Waals surface area (Å²) in [6, 6.07) is 25.3. The molecule has 0 radical (unpaired) electrons. The Balaban J connectivity index is 1.90. The minimum absolute atomic E-state index is 0.0248. The van der Waals surface area contributed by atoms with Crippen LogP contribution in [-0.2, 0) is 21.9 Å². The Hall–Kier alpha value is -2.68. The summed E-state index contributed by atoms with van der Waals surface area (Å²) in [6.07, 6.45) is 0. The maximum Gasteiger partial charge on any atom is 0.171 e. The zero-order valence-electron chi connectivity index (χ0n) is 22.5. The predicted molar refractivity (Wildman–Crippen MR) is 157 cm³/mol. The van der Waals surface area contributed by atoms with E-state index < -0.39 is 9.04 Å². The molecule has 0 aliphatic carbocycles. The van der Waals surface area contributed by atoms with E-state index in [1.54, 1.807) is 0 Å². The van der Waals surface area contributed by atoms with Gasteiger partial charge < -0.3 is 4.43 Å². The highest BCUT2D eigenvalue weighted by atomic mass is 28.3. The summed E-state index contributed by atoms with van der Waals surface area (Å²) in [5.41, 5.74) is 6.86. The minimum atomic E-state index is -1.17. The molecule has 0 unspecified atom stereocenters. The molecule has 0 bridgehead atoms. The largest absolute Gasteiger partial charge is 0.416 e. The first kappa shape index (κ1) is 24.0. The van der Waals surface area contributed by atoms with Gasteiger partial charge in [-0.3, -0.25) is 0 Å². The standard InChI is InChI=1S/C33H38OSi/c1-32(2,3)24-18-27(28(20-34-35(7)8)29(19-24)33(4,5)6)25-16-14-23-13-12-21-10-9-11-22-15-17-26(25)31(23)30(21)22/h9-19,35H,20H2,1-8H3. The fourth-order valence-corrected chi connectivity index (χ4v) is 5.89. The molecule has 5 rings (SSSR count). The summed E-state index contributed by atoms with van der Waals surface area (Å²) in [7, 11) is -1.17. The molecule has 180 valence electrons. The quantitative estimate of drug-likeness (QED) is 0.185.